The number of nitrogens with zero attached hydrogens (tertiary/aromatic N) is 2. The normalized spacial score (nSPS) is 26.3. The highest BCUT2D eigenvalue weighted by Gasteiger charge is 2.38. The zero-order valence-electron chi connectivity index (χ0n) is 9.95. The molecule has 0 aliphatic carbocycles. The Morgan fingerprint density at radius 3 is 2.36 bits per heavy atom. The van der Waals surface area contributed by atoms with Crippen molar-refractivity contribution < 1.29 is 4.79 Å². The largest absolute Gasteiger partial charge is 0.273 e. The van der Waals surface area contributed by atoms with Gasteiger partial charge in [0.2, 0.25) is 5.91 Å². The van der Waals surface area contributed by atoms with Gasteiger partial charge in [0.05, 0.1) is 0 Å². The van der Waals surface area contributed by atoms with Crippen molar-refractivity contribution in [3.63, 3.8) is 0 Å². The van der Waals surface area contributed by atoms with E-state index in [1.54, 1.807) is 0 Å². The molecule has 1 fully saturated rings. The molecule has 0 radical (unpaired) electrons. The molecule has 0 saturated carbocycles. The third-order valence-electron chi connectivity index (χ3n) is 3.24. The van der Waals surface area contributed by atoms with Gasteiger partial charge in [-0.05, 0) is 19.3 Å². The van der Waals surface area contributed by atoms with Gasteiger partial charge in [-0.2, -0.15) is 0 Å². The fourth-order valence-electron chi connectivity index (χ4n) is 2.14. The Bertz CT molecular complexity index is 215. The molecule has 1 rings (SSSR count). The minimum Gasteiger partial charge on any atom is -0.273 e. The lowest BCUT2D eigenvalue weighted by Gasteiger charge is -2.34. The van der Waals surface area contributed by atoms with E-state index in [0.29, 0.717) is 24.4 Å². The molecule has 2 unspecified atom stereocenters. The molecule has 3 nitrogen and oxygen atoms in total. The van der Waals surface area contributed by atoms with Crippen LogP contribution in [0.1, 0.15) is 40.5 Å². The second-order valence-corrected chi connectivity index (χ2v) is 4.58. The van der Waals surface area contributed by atoms with Gasteiger partial charge in [0.25, 0.3) is 0 Å². The first-order valence-corrected chi connectivity index (χ1v) is 5.53. The number of hydrogen-bond donors (Lipinski definition) is 0. The van der Waals surface area contributed by atoms with Gasteiger partial charge in [0.1, 0.15) is 0 Å². The number of rotatable bonds is 3. The van der Waals surface area contributed by atoms with Crippen LogP contribution in [0.25, 0.3) is 0 Å². The van der Waals surface area contributed by atoms with Crippen LogP contribution in [-0.2, 0) is 4.79 Å². The van der Waals surface area contributed by atoms with E-state index in [9.17, 15) is 4.79 Å². The summed E-state index contributed by atoms with van der Waals surface area (Å²) in [6, 6.07) is 0.716. The summed E-state index contributed by atoms with van der Waals surface area (Å²) in [4.78, 5) is 11.8. The zero-order chi connectivity index (χ0) is 10.9. The molecule has 1 heterocycles. The molecule has 1 saturated heterocycles. The number of carbonyl (C=O) groups is 1. The van der Waals surface area contributed by atoms with Crippen molar-refractivity contribution in [1.29, 1.82) is 0 Å². The quantitative estimate of drug-likeness (QED) is 0.691. The fraction of sp³-hybridized carbons (Fsp3) is 0.909. The van der Waals surface area contributed by atoms with Gasteiger partial charge in [-0.1, -0.05) is 20.8 Å². The second-order valence-electron chi connectivity index (χ2n) is 4.58. The molecular formula is C11H22N2O. The van der Waals surface area contributed by atoms with Gasteiger partial charge in [-0.15, -0.1) is 0 Å². The molecule has 0 N–H and O–H groups in total. The van der Waals surface area contributed by atoms with Gasteiger partial charge < -0.3 is 0 Å². The van der Waals surface area contributed by atoms with Crippen LogP contribution in [0.15, 0.2) is 0 Å². The van der Waals surface area contributed by atoms with Gasteiger partial charge in [0.15, 0.2) is 0 Å². The summed E-state index contributed by atoms with van der Waals surface area (Å²) in [6.45, 7) is 8.58. The molecule has 0 spiro atoms. The number of hydrazine groups is 1. The van der Waals surface area contributed by atoms with E-state index in [1.807, 2.05) is 12.1 Å². The summed E-state index contributed by atoms with van der Waals surface area (Å²) >= 11 is 0. The first-order valence-electron chi connectivity index (χ1n) is 5.53. The molecule has 1 aliphatic rings. The molecule has 1 amide bonds. The number of carbonyl (C=O) groups excluding carboxylic acids is 1. The van der Waals surface area contributed by atoms with Crippen molar-refractivity contribution in [3.05, 3.63) is 0 Å². The second kappa shape index (κ2) is 4.30. The molecule has 0 aromatic rings. The maximum Gasteiger partial charge on any atom is 0.238 e. The van der Waals surface area contributed by atoms with Crippen LogP contribution in [0.3, 0.4) is 0 Å². The summed E-state index contributed by atoms with van der Waals surface area (Å²) in [6.07, 6.45) is 1.69. The van der Waals surface area contributed by atoms with Gasteiger partial charge in [-0.3, -0.25) is 9.80 Å². The first kappa shape index (κ1) is 11.5. The highest BCUT2D eigenvalue weighted by atomic mass is 16.2. The molecule has 14 heavy (non-hydrogen) atoms. The van der Waals surface area contributed by atoms with Gasteiger partial charge in [0, 0.05) is 25.6 Å². The summed E-state index contributed by atoms with van der Waals surface area (Å²) in [5.41, 5.74) is 0. The Labute approximate surface area is 87.0 Å². The van der Waals surface area contributed by atoms with Crippen molar-refractivity contribution in [2.75, 3.05) is 7.05 Å². The summed E-state index contributed by atoms with van der Waals surface area (Å²) < 4.78 is 0. The lowest BCUT2D eigenvalue weighted by Crippen LogP contribution is -2.45. The Morgan fingerprint density at radius 2 is 2.00 bits per heavy atom. The van der Waals surface area contributed by atoms with E-state index in [4.69, 9.17) is 0 Å². The van der Waals surface area contributed by atoms with Crippen LogP contribution in [0.5, 0.6) is 0 Å². The van der Waals surface area contributed by atoms with Gasteiger partial charge in [-0.25, -0.2) is 5.01 Å². The van der Waals surface area contributed by atoms with Crippen LogP contribution >= 0.6 is 0 Å². The van der Waals surface area contributed by atoms with Crippen LogP contribution in [-0.4, -0.2) is 35.1 Å². The van der Waals surface area contributed by atoms with Crippen LogP contribution < -0.4 is 0 Å². The van der Waals surface area contributed by atoms with E-state index in [-0.39, 0.29) is 5.91 Å². The number of hydrogen-bond acceptors (Lipinski definition) is 2. The standard InChI is InChI=1S/C11H22N2O/c1-6-9(4)13-11(14)7-10(8(2)3)12(13)5/h8-10H,6-7H2,1-5H3. The van der Waals surface area contributed by atoms with E-state index in [2.05, 4.69) is 32.7 Å². The van der Waals surface area contributed by atoms with Gasteiger partial charge >= 0.3 is 0 Å². The fourth-order valence-corrected chi connectivity index (χ4v) is 2.14. The van der Waals surface area contributed by atoms with E-state index in [0.717, 1.165) is 6.42 Å². The third-order valence-corrected chi connectivity index (χ3v) is 3.24. The molecule has 0 aromatic carbocycles. The topological polar surface area (TPSA) is 23.6 Å². The highest BCUT2D eigenvalue weighted by Crippen LogP contribution is 2.26. The Hall–Kier alpha value is -0.570. The maximum absolute atomic E-state index is 11.8. The molecule has 0 aromatic heterocycles. The first-order chi connectivity index (χ1) is 6.49. The Balaban J connectivity index is 2.75. The van der Waals surface area contributed by atoms with Crippen LogP contribution in [0, 0.1) is 5.92 Å². The number of amides is 1. The van der Waals surface area contributed by atoms with Crippen molar-refractivity contribution in [1.82, 2.24) is 10.0 Å². The van der Waals surface area contributed by atoms with E-state index in [1.165, 1.54) is 0 Å². The van der Waals surface area contributed by atoms with Crippen molar-refractivity contribution in [2.24, 2.45) is 5.92 Å². The average Bonchev–Trinajstić information content (AvgIpc) is 2.41. The van der Waals surface area contributed by atoms with Crippen molar-refractivity contribution in [3.8, 4) is 0 Å². The lowest BCUT2D eigenvalue weighted by molar-refractivity contribution is -0.141. The molecular weight excluding hydrogens is 176 g/mol. The predicted octanol–water partition coefficient (Wildman–Crippen LogP) is 1.89. The van der Waals surface area contributed by atoms with Crippen molar-refractivity contribution in [2.45, 2.75) is 52.6 Å². The smallest absolute Gasteiger partial charge is 0.238 e. The monoisotopic (exact) mass is 198 g/mol. The average molecular weight is 198 g/mol. The maximum atomic E-state index is 11.8. The molecule has 2 atom stereocenters. The Kier molecular flexibility index (Phi) is 3.53. The zero-order valence-corrected chi connectivity index (χ0v) is 9.95. The molecule has 1 aliphatic heterocycles. The summed E-state index contributed by atoms with van der Waals surface area (Å²) in [7, 11) is 2.03. The Morgan fingerprint density at radius 1 is 1.43 bits per heavy atom. The van der Waals surface area contributed by atoms with Crippen molar-refractivity contribution >= 4 is 5.91 Å². The summed E-state index contributed by atoms with van der Waals surface area (Å²) in [5.74, 6) is 0.818. The SMILES string of the molecule is CCC(C)N1C(=O)CC(C(C)C)N1C. The molecule has 82 valence electrons. The summed E-state index contributed by atoms with van der Waals surface area (Å²) in [5, 5.41) is 4.05. The third kappa shape index (κ3) is 1.92. The minimum absolute atomic E-state index is 0.278. The highest BCUT2D eigenvalue weighted by molar-refractivity contribution is 5.78. The van der Waals surface area contributed by atoms with Crippen LogP contribution in [0.4, 0.5) is 0 Å². The molecule has 0 bridgehead atoms. The predicted molar refractivity (Wildman–Crippen MR) is 57.6 cm³/mol. The minimum atomic E-state index is 0.278. The molecule has 3 heteroatoms. The van der Waals surface area contributed by atoms with E-state index < -0.39 is 0 Å². The van der Waals surface area contributed by atoms with Crippen LogP contribution in [0.2, 0.25) is 0 Å². The van der Waals surface area contributed by atoms with E-state index >= 15 is 0 Å². The lowest BCUT2D eigenvalue weighted by atomic mass is 10.0.